The number of hydrogen-bond donors (Lipinski definition) is 1. The van der Waals surface area contributed by atoms with Crippen molar-refractivity contribution in [3.8, 4) is 5.75 Å². The van der Waals surface area contributed by atoms with Crippen LogP contribution in [0.15, 0.2) is 91.1 Å². The van der Waals surface area contributed by atoms with Gasteiger partial charge in [-0.1, -0.05) is 66.7 Å². The monoisotopic (exact) mass is 410 g/mol. The third-order valence-electron chi connectivity index (χ3n) is 6.56. The van der Waals surface area contributed by atoms with Crippen molar-refractivity contribution in [1.29, 1.82) is 0 Å². The topological polar surface area (TPSA) is 28.3 Å². The molecule has 158 valence electrons. The van der Waals surface area contributed by atoms with E-state index in [4.69, 9.17) is 4.74 Å². The van der Waals surface area contributed by atoms with Crippen molar-refractivity contribution in [2.75, 3.05) is 19.6 Å². The first-order chi connectivity index (χ1) is 15.4. The number of rotatable bonds is 7. The zero-order chi connectivity index (χ0) is 20.9. The molecule has 0 spiro atoms. The fourth-order valence-electron chi connectivity index (χ4n) is 4.79. The SMILES string of the molecule is c1ccc(C2CCN(CC[C@H](Oc3cccc4[nH]ccc34)c3ccccc3)CC2)cc1. The molecule has 31 heavy (non-hydrogen) atoms. The van der Waals surface area contributed by atoms with Crippen LogP contribution in [0.25, 0.3) is 10.9 Å². The maximum atomic E-state index is 6.61. The molecule has 1 aliphatic rings. The number of likely N-dealkylation sites (tertiary alicyclic amines) is 1. The van der Waals surface area contributed by atoms with Gasteiger partial charge in [-0.15, -0.1) is 0 Å². The van der Waals surface area contributed by atoms with E-state index in [-0.39, 0.29) is 6.10 Å². The number of hydrogen-bond acceptors (Lipinski definition) is 2. The predicted molar refractivity (Wildman–Crippen MR) is 128 cm³/mol. The first kappa shape index (κ1) is 19.9. The molecule has 0 radical (unpaired) electrons. The minimum atomic E-state index is 0.0496. The van der Waals surface area contributed by atoms with Crippen LogP contribution in [-0.4, -0.2) is 29.5 Å². The zero-order valence-corrected chi connectivity index (χ0v) is 17.9. The van der Waals surface area contributed by atoms with Crippen LogP contribution in [0.5, 0.6) is 5.75 Å². The molecule has 1 N–H and O–H groups in total. The van der Waals surface area contributed by atoms with Gasteiger partial charge in [-0.2, -0.15) is 0 Å². The summed E-state index contributed by atoms with van der Waals surface area (Å²) in [5.41, 5.74) is 3.86. The molecular formula is C28H30N2O. The van der Waals surface area contributed by atoms with Crippen molar-refractivity contribution in [2.45, 2.75) is 31.3 Å². The summed E-state index contributed by atoms with van der Waals surface area (Å²) in [7, 11) is 0. The quantitative estimate of drug-likeness (QED) is 0.374. The molecule has 1 atom stereocenters. The van der Waals surface area contributed by atoms with Gasteiger partial charge < -0.3 is 14.6 Å². The average molecular weight is 411 g/mol. The summed E-state index contributed by atoms with van der Waals surface area (Å²) in [6.45, 7) is 3.38. The van der Waals surface area contributed by atoms with E-state index in [0.717, 1.165) is 42.7 Å². The highest BCUT2D eigenvalue weighted by Gasteiger charge is 2.22. The minimum absolute atomic E-state index is 0.0496. The van der Waals surface area contributed by atoms with Gasteiger partial charge in [0.25, 0.3) is 0 Å². The summed E-state index contributed by atoms with van der Waals surface area (Å²) < 4.78 is 6.61. The van der Waals surface area contributed by atoms with Crippen LogP contribution in [0.4, 0.5) is 0 Å². The van der Waals surface area contributed by atoms with Gasteiger partial charge in [-0.05, 0) is 61.2 Å². The largest absolute Gasteiger partial charge is 0.485 e. The number of piperidine rings is 1. The lowest BCUT2D eigenvalue weighted by atomic mass is 9.89. The molecule has 4 aromatic rings. The lowest BCUT2D eigenvalue weighted by Crippen LogP contribution is -2.34. The second-order valence-corrected chi connectivity index (χ2v) is 8.53. The van der Waals surface area contributed by atoms with E-state index in [1.807, 2.05) is 6.20 Å². The van der Waals surface area contributed by atoms with Crippen LogP contribution in [0.3, 0.4) is 0 Å². The Balaban J connectivity index is 1.25. The molecule has 1 aliphatic heterocycles. The van der Waals surface area contributed by atoms with Crippen LogP contribution >= 0.6 is 0 Å². The number of aromatic nitrogens is 1. The highest BCUT2D eigenvalue weighted by atomic mass is 16.5. The number of nitrogens with zero attached hydrogens (tertiary/aromatic N) is 1. The van der Waals surface area contributed by atoms with Crippen LogP contribution in [0, 0.1) is 0 Å². The van der Waals surface area contributed by atoms with E-state index >= 15 is 0 Å². The van der Waals surface area contributed by atoms with Crippen molar-refractivity contribution < 1.29 is 4.74 Å². The fourth-order valence-corrected chi connectivity index (χ4v) is 4.79. The number of aromatic amines is 1. The van der Waals surface area contributed by atoms with E-state index in [9.17, 15) is 0 Å². The normalized spacial score (nSPS) is 16.4. The molecule has 1 fully saturated rings. The van der Waals surface area contributed by atoms with Crippen molar-refractivity contribution in [1.82, 2.24) is 9.88 Å². The zero-order valence-electron chi connectivity index (χ0n) is 17.9. The molecule has 5 rings (SSSR count). The second-order valence-electron chi connectivity index (χ2n) is 8.53. The minimum Gasteiger partial charge on any atom is -0.485 e. The Labute approximate surface area is 184 Å². The Bertz CT molecular complexity index is 1080. The highest BCUT2D eigenvalue weighted by Crippen LogP contribution is 2.32. The molecule has 1 aromatic heterocycles. The summed E-state index contributed by atoms with van der Waals surface area (Å²) in [5, 5.41) is 1.15. The van der Waals surface area contributed by atoms with Gasteiger partial charge in [0.2, 0.25) is 0 Å². The van der Waals surface area contributed by atoms with E-state index in [0.29, 0.717) is 5.92 Å². The van der Waals surface area contributed by atoms with Crippen molar-refractivity contribution in [3.63, 3.8) is 0 Å². The maximum absolute atomic E-state index is 6.61. The lowest BCUT2D eigenvalue weighted by molar-refractivity contribution is 0.149. The van der Waals surface area contributed by atoms with Crippen LogP contribution in [0.1, 0.15) is 42.4 Å². The van der Waals surface area contributed by atoms with E-state index in [1.54, 1.807) is 0 Å². The molecule has 3 heteroatoms. The Morgan fingerprint density at radius 1 is 0.839 bits per heavy atom. The molecule has 0 saturated carbocycles. The third kappa shape index (κ3) is 4.67. The standard InChI is InChI=1S/C28H30N2O/c1-3-8-22(9-4-1)23-15-19-30(20-16-23)21-17-27(24-10-5-2-6-11-24)31-28-13-7-12-26-25(28)14-18-29-26/h1-14,18,23,27,29H,15-17,19-21H2/t27-/m0/s1. The van der Waals surface area contributed by atoms with Gasteiger partial charge in [0.05, 0.1) is 0 Å². The van der Waals surface area contributed by atoms with E-state index < -0.39 is 0 Å². The molecule has 0 unspecified atom stereocenters. The number of benzene rings is 3. The van der Waals surface area contributed by atoms with Crippen LogP contribution < -0.4 is 4.74 Å². The maximum Gasteiger partial charge on any atom is 0.129 e. The number of H-pyrrole nitrogens is 1. The molecule has 2 heterocycles. The number of ether oxygens (including phenoxy) is 1. The number of fused-ring (bicyclic) bond motifs is 1. The summed E-state index contributed by atoms with van der Waals surface area (Å²) in [4.78, 5) is 5.89. The molecule has 3 aromatic carbocycles. The fraction of sp³-hybridized carbons (Fsp3) is 0.286. The molecule has 3 nitrogen and oxygen atoms in total. The Morgan fingerprint density at radius 2 is 1.58 bits per heavy atom. The van der Waals surface area contributed by atoms with Crippen LogP contribution in [-0.2, 0) is 0 Å². The van der Waals surface area contributed by atoms with Gasteiger partial charge in [-0.3, -0.25) is 0 Å². The first-order valence-electron chi connectivity index (χ1n) is 11.4. The van der Waals surface area contributed by atoms with Gasteiger partial charge in [-0.25, -0.2) is 0 Å². The predicted octanol–water partition coefficient (Wildman–Crippen LogP) is 6.56. The molecule has 0 amide bonds. The third-order valence-corrected chi connectivity index (χ3v) is 6.56. The lowest BCUT2D eigenvalue weighted by Gasteiger charge is -2.33. The highest BCUT2D eigenvalue weighted by molar-refractivity contribution is 5.85. The van der Waals surface area contributed by atoms with E-state index in [1.165, 1.54) is 24.0 Å². The van der Waals surface area contributed by atoms with Gasteiger partial charge in [0.15, 0.2) is 0 Å². The van der Waals surface area contributed by atoms with Gasteiger partial charge in [0.1, 0.15) is 11.9 Å². The summed E-state index contributed by atoms with van der Waals surface area (Å²) in [6, 6.07) is 30.0. The summed E-state index contributed by atoms with van der Waals surface area (Å²) in [6.07, 6.45) is 5.49. The summed E-state index contributed by atoms with van der Waals surface area (Å²) >= 11 is 0. The Morgan fingerprint density at radius 3 is 2.35 bits per heavy atom. The Kier molecular flexibility index (Phi) is 6.03. The smallest absolute Gasteiger partial charge is 0.129 e. The summed E-state index contributed by atoms with van der Waals surface area (Å²) in [5.74, 6) is 1.65. The van der Waals surface area contributed by atoms with Gasteiger partial charge >= 0.3 is 0 Å². The molecular weight excluding hydrogens is 380 g/mol. The van der Waals surface area contributed by atoms with Gasteiger partial charge in [0, 0.05) is 30.1 Å². The van der Waals surface area contributed by atoms with E-state index in [2.05, 4.69) is 94.8 Å². The van der Waals surface area contributed by atoms with Crippen molar-refractivity contribution >= 4 is 10.9 Å². The average Bonchev–Trinajstić information content (AvgIpc) is 3.33. The van der Waals surface area contributed by atoms with Crippen molar-refractivity contribution in [3.05, 3.63) is 102 Å². The number of nitrogens with one attached hydrogen (secondary N) is 1. The molecule has 0 aliphatic carbocycles. The molecule has 1 saturated heterocycles. The second kappa shape index (κ2) is 9.40. The Hall–Kier alpha value is -3.04. The first-order valence-corrected chi connectivity index (χ1v) is 11.4. The van der Waals surface area contributed by atoms with Crippen LogP contribution in [0.2, 0.25) is 0 Å². The van der Waals surface area contributed by atoms with Crippen molar-refractivity contribution in [2.24, 2.45) is 0 Å². The molecule has 0 bridgehead atoms.